The zero-order valence-corrected chi connectivity index (χ0v) is 13.3. The van der Waals surface area contributed by atoms with Crippen molar-refractivity contribution in [2.24, 2.45) is 5.73 Å². The number of hydrogen-bond donors (Lipinski definition) is 4. The molecule has 20 heavy (non-hydrogen) atoms. The molecule has 6 nitrogen and oxygen atoms in total. The maximum Gasteiger partial charge on any atom is 0.334 e. The van der Waals surface area contributed by atoms with Crippen LogP contribution in [0.15, 0.2) is 0 Å². The van der Waals surface area contributed by atoms with Crippen molar-refractivity contribution in [2.75, 3.05) is 19.8 Å². The topological polar surface area (TPSA) is 91.4 Å². The van der Waals surface area contributed by atoms with Crippen molar-refractivity contribution in [3.8, 4) is 0 Å². The summed E-state index contributed by atoms with van der Waals surface area (Å²) in [6, 6.07) is -0.450. The highest BCUT2D eigenvalue weighted by molar-refractivity contribution is 7.79. The van der Waals surface area contributed by atoms with Crippen molar-refractivity contribution in [1.29, 1.82) is 5.41 Å². The Morgan fingerprint density at radius 3 is 2.40 bits per heavy atom. The summed E-state index contributed by atoms with van der Waals surface area (Å²) in [7, 11) is 0. The molecule has 7 heteroatoms. The van der Waals surface area contributed by atoms with Gasteiger partial charge in [-0.1, -0.05) is 45.4 Å². The second-order valence-electron chi connectivity index (χ2n) is 4.66. The summed E-state index contributed by atoms with van der Waals surface area (Å²) in [4.78, 5) is 11.3. The van der Waals surface area contributed by atoms with Crippen LogP contribution in [-0.4, -0.2) is 36.1 Å². The molecular weight excluding hydrogens is 276 g/mol. The molecule has 0 aliphatic carbocycles. The highest BCUT2D eigenvalue weighted by Gasteiger charge is 2.10. The monoisotopic (exact) mass is 304 g/mol. The Hall–Kier alpha value is -0.950. The molecule has 0 aromatic heterocycles. The first-order valence-corrected chi connectivity index (χ1v) is 7.68. The van der Waals surface area contributed by atoms with Crippen molar-refractivity contribution in [3.05, 3.63) is 0 Å². The molecule has 0 aliphatic heterocycles. The maximum atomic E-state index is 11.3. The van der Waals surface area contributed by atoms with Crippen LogP contribution in [-0.2, 0) is 4.74 Å². The first-order chi connectivity index (χ1) is 9.59. The molecule has 0 radical (unpaired) electrons. The Labute approximate surface area is 127 Å². The summed E-state index contributed by atoms with van der Waals surface area (Å²) >= 11 is 3.79. The van der Waals surface area contributed by atoms with Crippen molar-refractivity contribution in [3.63, 3.8) is 0 Å². The van der Waals surface area contributed by atoms with Gasteiger partial charge in [-0.3, -0.25) is 5.41 Å². The number of urea groups is 1. The van der Waals surface area contributed by atoms with Crippen LogP contribution in [0.5, 0.6) is 0 Å². The van der Waals surface area contributed by atoms with Crippen molar-refractivity contribution in [1.82, 2.24) is 9.62 Å². The van der Waals surface area contributed by atoms with E-state index in [1.54, 1.807) is 0 Å². The third kappa shape index (κ3) is 10.9. The van der Waals surface area contributed by atoms with Crippen molar-refractivity contribution < 1.29 is 9.53 Å². The maximum absolute atomic E-state index is 11.3. The number of rotatable bonds is 11. The van der Waals surface area contributed by atoms with E-state index in [1.807, 2.05) is 0 Å². The van der Waals surface area contributed by atoms with Crippen molar-refractivity contribution >= 4 is 24.8 Å². The van der Waals surface area contributed by atoms with Gasteiger partial charge in [-0.25, -0.2) is 9.10 Å². The summed E-state index contributed by atoms with van der Waals surface area (Å²) in [5, 5.41) is 9.70. The van der Waals surface area contributed by atoms with Gasteiger partial charge in [-0.2, -0.15) is 0 Å². The van der Waals surface area contributed by atoms with E-state index in [0.717, 1.165) is 43.2 Å². The third-order valence-electron chi connectivity index (χ3n) is 2.76. The van der Waals surface area contributed by atoms with Crippen LogP contribution < -0.4 is 11.1 Å². The van der Waals surface area contributed by atoms with Gasteiger partial charge >= 0.3 is 6.03 Å². The summed E-state index contributed by atoms with van der Waals surface area (Å²) in [5.41, 5.74) is 5.13. The van der Waals surface area contributed by atoms with Gasteiger partial charge in [0.15, 0.2) is 0 Å². The van der Waals surface area contributed by atoms with Crippen LogP contribution in [0, 0.1) is 5.41 Å². The summed E-state index contributed by atoms with van der Waals surface area (Å²) in [6.07, 6.45) is 7.80. The average Bonchev–Trinajstić information content (AvgIpc) is 2.43. The molecule has 0 aliphatic rings. The zero-order chi connectivity index (χ0) is 15.2. The molecule has 0 saturated heterocycles. The Morgan fingerprint density at radius 2 is 1.80 bits per heavy atom. The number of carbonyl (C=O) groups excluding carboxylic acids is 1. The minimum Gasteiger partial charge on any atom is -0.381 e. The summed E-state index contributed by atoms with van der Waals surface area (Å²) in [6.45, 7) is 4.43. The molecule has 0 atom stereocenters. The Balaban J connectivity index is 3.24. The first kappa shape index (κ1) is 19.1. The van der Waals surface area contributed by atoms with E-state index in [9.17, 15) is 4.79 Å². The second kappa shape index (κ2) is 13.1. The number of unbranched alkanes of at least 4 members (excludes halogenated alkanes) is 5. The van der Waals surface area contributed by atoms with E-state index in [0.29, 0.717) is 6.54 Å². The van der Waals surface area contributed by atoms with E-state index in [2.05, 4.69) is 25.1 Å². The summed E-state index contributed by atoms with van der Waals surface area (Å²) in [5.74, 6) is -0.379. The van der Waals surface area contributed by atoms with Crippen molar-refractivity contribution in [2.45, 2.75) is 51.9 Å². The van der Waals surface area contributed by atoms with Gasteiger partial charge in [0.25, 0.3) is 0 Å². The van der Waals surface area contributed by atoms with Crippen LogP contribution >= 0.6 is 12.8 Å². The number of ether oxygens (including phenoxy) is 1. The highest BCUT2D eigenvalue weighted by atomic mass is 32.1. The van der Waals surface area contributed by atoms with Gasteiger partial charge in [-0.15, -0.1) is 0 Å². The lowest BCUT2D eigenvalue weighted by atomic mass is 10.1. The van der Waals surface area contributed by atoms with Crippen LogP contribution in [0.2, 0.25) is 0 Å². The number of carbonyl (C=O) groups is 1. The van der Waals surface area contributed by atoms with Gasteiger partial charge in [0, 0.05) is 19.8 Å². The molecule has 4 N–H and O–H groups in total. The fraction of sp³-hybridized carbons (Fsp3) is 0.846. The molecule has 0 bridgehead atoms. The zero-order valence-electron chi connectivity index (χ0n) is 12.4. The average molecular weight is 304 g/mol. The highest BCUT2D eigenvalue weighted by Crippen LogP contribution is 2.05. The number of nitrogens with one attached hydrogen (secondary N) is 2. The fourth-order valence-electron chi connectivity index (χ4n) is 1.66. The third-order valence-corrected chi connectivity index (χ3v) is 3.16. The standard InChI is InChI=1S/C13H28N4O2S/c1-2-10-19-11-8-6-4-3-5-7-9-16-13(18)17(20)12(14)15/h20H,2-11H2,1H3,(H3,14,15)(H,16,18). The van der Waals surface area contributed by atoms with Crippen LogP contribution in [0.1, 0.15) is 51.9 Å². The van der Waals surface area contributed by atoms with Crippen LogP contribution in [0.3, 0.4) is 0 Å². The minimum absolute atomic E-state index is 0.379. The van der Waals surface area contributed by atoms with Gasteiger partial charge < -0.3 is 15.8 Å². The molecule has 0 fully saturated rings. The number of guanidine groups is 1. The number of thiol groups is 1. The minimum atomic E-state index is -0.450. The Bertz CT molecular complexity index is 277. The smallest absolute Gasteiger partial charge is 0.334 e. The predicted octanol–water partition coefficient (Wildman–Crippen LogP) is 2.50. The Kier molecular flexibility index (Phi) is 12.4. The first-order valence-electron chi connectivity index (χ1n) is 7.28. The Morgan fingerprint density at radius 1 is 1.20 bits per heavy atom. The lowest BCUT2D eigenvalue weighted by Gasteiger charge is -2.13. The SMILES string of the molecule is CCCOCCCCCCCCNC(=O)N(S)C(=N)N. The lowest BCUT2D eigenvalue weighted by Crippen LogP contribution is -2.41. The molecule has 0 rings (SSSR count). The number of nitrogens with zero attached hydrogens (tertiary/aromatic N) is 1. The fourth-order valence-corrected chi connectivity index (χ4v) is 1.73. The lowest BCUT2D eigenvalue weighted by molar-refractivity contribution is 0.130. The number of amides is 2. The van der Waals surface area contributed by atoms with E-state index in [4.69, 9.17) is 15.9 Å². The van der Waals surface area contributed by atoms with Gasteiger partial charge in [0.1, 0.15) is 0 Å². The molecule has 0 aromatic rings. The predicted molar refractivity (Wildman–Crippen MR) is 84.9 cm³/mol. The molecule has 0 spiro atoms. The molecule has 118 valence electrons. The van der Waals surface area contributed by atoms with Crippen LogP contribution in [0.4, 0.5) is 4.79 Å². The molecule has 0 unspecified atom stereocenters. The molecule has 0 saturated carbocycles. The summed E-state index contributed by atoms with van der Waals surface area (Å²) < 4.78 is 6.20. The largest absolute Gasteiger partial charge is 0.381 e. The molecule has 0 heterocycles. The van der Waals surface area contributed by atoms with E-state index in [1.165, 1.54) is 19.3 Å². The second-order valence-corrected chi connectivity index (χ2v) is 5.06. The van der Waals surface area contributed by atoms with Gasteiger partial charge in [0.2, 0.25) is 5.96 Å². The molecule has 2 amide bonds. The number of hydrogen-bond acceptors (Lipinski definition) is 4. The van der Waals surface area contributed by atoms with Crippen LogP contribution in [0.25, 0.3) is 0 Å². The van der Waals surface area contributed by atoms with Gasteiger partial charge in [0.05, 0.1) is 0 Å². The quantitative estimate of drug-likeness (QED) is 0.204. The van der Waals surface area contributed by atoms with E-state index in [-0.39, 0.29) is 5.96 Å². The van der Waals surface area contributed by atoms with E-state index >= 15 is 0 Å². The van der Waals surface area contributed by atoms with E-state index < -0.39 is 6.03 Å². The molecular formula is C13H28N4O2S. The number of nitrogens with two attached hydrogens (primary N) is 1. The van der Waals surface area contributed by atoms with Gasteiger partial charge in [-0.05, 0) is 19.3 Å². The normalized spacial score (nSPS) is 10.3. The molecule has 0 aromatic carbocycles.